The fourth-order valence-corrected chi connectivity index (χ4v) is 2.46. The van der Waals surface area contributed by atoms with Crippen LogP contribution in [0.4, 0.5) is 0 Å². The van der Waals surface area contributed by atoms with Gasteiger partial charge in [-0.05, 0) is 29.8 Å². The molecule has 23 heavy (non-hydrogen) atoms. The highest BCUT2D eigenvalue weighted by Crippen LogP contribution is 2.11. The van der Waals surface area contributed by atoms with Gasteiger partial charge in [-0.25, -0.2) is 9.59 Å². The topological polar surface area (TPSA) is 94.2 Å². The van der Waals surface area contributed by atoms with Crippen molar-refractivity contribution in [2.45, 2.75) is 6.54 Å². The molecule has 0 unspecified atom stereocenters. The van der Waals surface area contributed by atoms with Gasteiger partial charge >= 0.3 is 11.7 Å². The van der Waals surface area contributed by atoms with Crippen molar-refractivity contribution in [2.24, 2.45) is 7.05 Å². The zero-order chi connectivity index (χ0) is 16.6. The first-order valence-corrected chi connectivity index (χ1v) is 6.85. The molecule has 3 aromatic rings. The summed E-state index contributed by atoms with van der Waals surface area (Å²) >= 11 is 0. The molecule has 7 heteroatoms. The maximum absolute atomic E-state index is 12.6. The van der Waals surface area contributed by atoms with Crippen LogP contribution in [0.2, 0.25) is 0 Å². The van der Waals surface area contributed by atoms with Crippen molar-refractivity contribution >= 4 is 16.9 Å². The first kappa shape index (κ1) is 14.7. The molecule has 7 nitrogen and oxygen atoms in total. The Morgan fingerprint density at radius 3 is 2.70 bits per heavy atom. The number of aromatic nitrogens is 3. The summed E-state index contributed by atoms with van der Waals surface area (Å²) in [5.74, 6) is -1.13. The number of aromatic carboxylic acids is 1. The maximum atomic E-state index is 12.6. The highest BCUT2D eigenvalue weighted by molar-refractivity contribution is 5.93. The third-order valence-corrected chi connectivity index (χ3v) is 3.66. The van der Waals surface area contributed by atoms with E-state index in [1.165, 1.54) is 22.8 Å². The van der Waals surface area contributed by atoms with E-state index in [1.54, 1.807) is 31.6 Å². The first-order valence-electron chi connectivity index (χ1n) is 6.85. The Morgan fingerprint density at radius 2 is 2.04 bits per heavy atom. The van der Waals surface area contributed by atoms with E-state index in [1.807, 2.05) is 0 Å². The standard InChI is InChI=1S/C16H13N3O4/c1-18-13-5-4-11(15(21)22)7-12(13)14(20)19(16(18)23)9-10-3-2-6-17-8-10/h2-8H,9H2,1H3,(H,21,22). The van der Waals surface area contributed by atoms with Crippen LogP contribution in [-0.4, -0.2) is 25.2 Å². The van der Waals surface area contributed by atoms with Gasteiger partial charge < -0.3 is 5.11 Å². The largest absolute Gasteiger partial charge is 0.478 e. The molecule has 0 bridgehead atoms. The molecule has 0 radical (unpaired) electrons. The van der Waals surface area contributed by atoms with Crippen molar-refractivity contribution in [1.29, 1.82) is 0 Å². The summed E-state index contributed by atoms with van der Waals surface area (Å²) in [4.78, 5) is 40.1. The average Bonchev–Trinajstić information content (AvgIpc) is 2.57. The van der Waals surface area contributed by atoms with Crippen LogP contribution in [0.25, 0.3) is 10.9 Å². The Kier molecular flexibility index (Phi) is 3.53. The molecule has 1 N–H and O–H groups in total. The average molecular weight is 311 g/mol. The van der Waals surface area contributed by atoms with Gasteiger partial charge in [0.15, 0.2) is 0 Å². The quantitative estimate of drug-likeness (QED) is 0.773. The van der Waals surface area contributed by atoms with Crippen molar-refractivity contribution in [3.8, 4) is 0 Å². The molecule has 0 aliphatic rings. The lowest BCUT2D eigenvalue weighted by molar-refractivity contribution is 0.0697. The molecular weight excluding hydrogens is 298 g/mol. The molecule has 0 aliphatic carbocycles. The molecule has 0 amide bonds. The van der Waals surface area contributed by atoms with Gasteiger partial charge in [0.05, 0.1) is 23.0 Å². The number of carbonyl (C=O) groups is 1. The zero-order valence-corrected chi connectivity index (χ0v) is 12.3. The number of benzene rings is 1. The van der Waals surface area contributed by atoms with Gasteiger partial charge in [0.1, 0.15) is 0 Å². The van der Waals surface area contributed by atoms with Crippen LogP contribution in [0.1, 0.15) is 15.9 Å². The van der Waals surface area contributed by atoms with Crippen LogP contribution in [0, 0.1) is 0 Å². The smallest absolute Gasteiger partial charge is 0.335 e. The van der Waals surface area contributed by atoms with Gasteiger partial charge in [0.25, 0.3) is 5.56 Å². The van der Waals surface area contributed by atoms with Crippen LogP contribution in [0.5, 0.6) is 0 Å². The van der Waals surface area contributed by atoms with Crippen molar-refractivity contribution in [3.05, 3.63) is 74.7 Å². The first-order chi connectivity index (χ1) is 11.0. The fraction of sp³-hybridized carbons (Fsp3) is 0.125. The summed E-state index contributed by atoms with van der Waals surface area (Å²) in [5, 5.41) is 9.27. The van der Waals surface area contributed by atoms with Crippen LogP contribution in [0.3, 0.4) is 0 Å². The molecule has 0 aliphatic heterocycles. The Bertz CT molecular complexity index is 1020. The third-order valence-electron chi connectivity index (χ3n) is 3.66. The van der Waals surface area contributed by atoms with Crippen molar-refractivity contribution in [2.75, 3.05) is 0 Å². The molecule has 116 valence electrons. The van der Waals surface area contributed by atoms with Crippen LogP contribution >= 0.6 is 0 Å². The Balaban J connectivity index is 2.28. The van der Waals surface area contributed by atoms with Crippen LogP contribution in [-0.2, 0) is 13.6 Å². The lowest BCUT2D eigenvalue weighted by Crippen LogP contribution is -2.39. The lowest BCUT2D eigenvalue weighted by atomic mass is 10.1. The normalized spacial score (nSPS) is 10.8. The summed E-state index contributed by atoms with van der Waals surface area (Å²) in [5.41, 5.74) is 0.124. The molecule has 3 rings (SSSR count). The second-order valence-electron chi connectivity index (χ2n) is 5.13. The van der Waals surface area contributed by atoms with Gasteiger partial charge in [0.2, 0.25) is 0 Å². The number of pyridine rings is 1. The number of nitrogens with zero attached hydrogens (tertiary/aromatic N) is 3. The molecule has 0 fully saturated rings. The molecule has 0 saturated heterocycles. The van der Waals surface area contributed by atoms with Crippen molar-refractivity contribution < 1.29 is 9.90 Å². The number of hydrogen-bond donors (Lipinski definition) is 1. The van der Waals surface area contributed by atoms with E-state index < -0.39 is 17.2 Å². The van der Waals surface area contributed by atoms with Gasteiger partial charge in [-0.1, -0.05) is 6.07 Å². The predicted molar refractivity (Wildman–Crippen MR) is 83.7 cm³/mol. The van der Waals surface area contributed by atoms with E-state index in [4.69, 9.17) is 5.11 Å². The fourth-order valence-electron chi connectivity index (χ4n) is 2.46. The third kappa shape index (κ3) is 2.52. The monoisotopic (exact) mass is 311 g/mol. The predicted octanol–water partition coefficient (Wildman–Crippen LogP) is 0.842. The number of aryl methyl sites for hydroxylation is 1. The molecule has 2 aromatic heterocycles. The SMILES string of the molecule is Cn1c(=O)n(Cc2cccnc2)c(=O)c2cc(C(=O)O)ccc21. The minimum Gasteiger partial charge on any atom is -0.478 e. The highest BCUT2D eigenvalue weighted by Gasteiger charge is 2.13. The second-order valence-corrected chi connectivity index (χ2v) is 5.13. The minimum absolute atomic E-state index is 0.00109. The van der Waals surface area contributed by atoms with E-state index in [0.717, 1.165) is 4.57 Å². The summed E-state index contributed by atoms with van der Waals surface area (Å²) in [7, 11) is 1.55. The molecule has 1 aromatic carbocycles. The number of hydrogen-bond acceptors (Lipinski definition) is 4. The lowest BCUT2D eigenvalue weighted by Gasteiger charge is -2.11. The minimum atomic E-state index is -1.13. The summed E-state index contributed by atoms with van der Waals surface area (Å²) in [6, 6.07) is 7.61. The summed E-state index contributed by atoms with van der Waals surface area (Å²) in [6.07, 6.45) is 3.17. The Hall–Kier alpha value is -3.22. The maximum Gasteiger partial charge on any atom is 0.335 e. The van der Waals surface area contributed by atoms with E-state index in [-0.39, 0.29) is 17.5 Å². The van der Waals surface area contributed by atoms with Crippen molar-refractivity contribution in [1.82, 2.24) is 14.1 Å². The number of carboxylic acid groups (broad SMARTS) is 1. The second kappa shape index (κ2) is 5.53. The van der Waals surface area contributed by atoms with Crippen LogP contribution in [0.15, 0.2) is 52.3 Å². The van der Waals surface area contributed by atoms with Crippen molar-refractivity contribution in [3.63, 3.8) is 0 Å². The Morgan fingerprint density at radius 1 is 1.26 bits per heavy atom. The van der Waals surface area contributed by atoms with Gasteiger partial charge in [-0.2, -0.15) is 0 Å². The van der Waals surface area contributed by atoms with Crippen LogP contribution < -0.4 is 11.2 Å². The Labute approximate surface area is 130 Å². The highest BCUT2D eigenvalue weighted by atomic mass is 16.4. The molecule has 0 saturated carbocycles. The number of fused-ring (bicyclic) bond motifs is 1. The van der Waals surface area contributed by atoms with E-state index in [2.05, 4.69) is 4.98 Å². The molecular formula is C16H13N3O4. The zero-order valence-electron chi connectivity index (χ0n) is 12.3. The van der Waals surface area contributed by atoms with E-state index >= 15 is 0 Å². The number of carboxylic acids is 1. The molecule has 0 spiro atoms. The molecule has 0 atom stereocenters. The number of rotatable bonds is 3. The van der Waals surface area contributed by atoms with Gasteiger partial charge in [-0.15, -0.1) is 0 Å². The van der Waals surface area contributed by atoms with Gasteiger partial charge in [-0.3, -0.25) is 18.9 Å². The van der Waals surface area contributed by atoms with E-state index in [0.29, 0.717) is 11.1 Å². The summed E-state index contributed by atoms with van der Waals surface area (Å²) < 4.78 is 2.41. The van der Waals surface area contributed by atoms with E-state index in [9.17, 15) is 14.4 Å². The summed E-state index contributed by atoms with van der Waals surface area (Å²) in [6.45, 7) is 0.0760. The van der Waals surface area contributed by atoms with Gasteiger partial charge in [0, 0.05) is 19.4 Å². The molecule has 2 heterocycles.